The lowest BCUT2D eigenvalue weighted by molar-refractivity contribution is -0.216. The predicted molar refractivity (Wildman–Crippen MR) is 376 cm³/mol. The van der Waals surface area contributed by atoms with Crippen molar-refractivity contribution in [2.45, 2.75) is 243 Å². The van der Waals surface area contributed by atoms with E-state index in [9.17, 15) is 30.6 Å². The predicted octanol–water partition coefficient (Wildman–Crippen LogP) is 8.39. The van der Waals surface area contributed by atoms with Gasteiger partial charge in [-0.25, -0.2) is 0 Å². The van der Waals surface area contributed by atoms with E-state index in [1.165, 1.54) is 58.2 Å². The molecule has 4 saturated heterocycles. The molecule has 18 heteroatoms. The molecule has 18 nitrogen and oxygen atoms in total. The first-order valence-corrected chi connectivity index (χ1v) is 38.5. The molecular formula is C82H106N4O14. The Labute approximate surface area is 589 Å². The Morgan fingerprint density at radius 2 is 0.880 bits per heavy atom. The van der Waals surface area contributed by atoms with Crippen LogP contribution < -0.4 is 18.9 Å². The van der Waals surface area contributed by atoms with Gasteiger partial charge in [0.1, 0.15) is 48.1 Å². The molecule has 6 N–H and O–H groups in total. The van der Waals surface area contributed by atoms with Gasteiger partial charge in [0.25, 0.3) is 0 Å². The van der Waals surface area contributed by atoms with Gasteiger partial charge in [0, 0.05) is 113 Å². The Hall–Kier alpha value is -5.32. The number of benzene rings is 4. The number of aliphatic hydroxyl groups excluding tert-OH is 2. The molecule has 7 fully saturated rings. The number of aromatic hydroxyl groups is 2. The van der Waals surface area contributed by atoms with Crippen molar-refractivity contribution in [3.05, 3.63) is 128 Å². The third-order valence-electron chi connectivity index (χ3n) is 29.2. The van der Waals surface area contributed by atoms with Crippen LogP contribution in [0.25, 0.3) is 0 Å². The average Bonchev–Trinajstić information content (AvgIpc) is 1.42. The first-order valence-electron chi connectivity index (χ1n) is 38.5. The molecule has 8 aliphatic heterocycles. The van der Waals surface area contributed by atoms with Crippen molar-refractivity contribution >= 4 is 0 Å². The molecule has 4 aromatic carbocycles. The highest BCUT2D eigenvalue weighted by Gasteiger charge is 2.75. The van der Waals surface area contributed by atoms with Crippen molar-refractivity contribution in [1.82, 2.24) is 19.6 Å². The van der Waals surface area contributed by atoms with Gasteiger partial charge in [0.2, 0.25) is 0 Å². The normalized spacial score (nSPS) is 40.4. The Balaban J connectivity index is 0.0000000963. The topological polar surface area (TPSA) is 208 Å². The standard InChI is InChI=1S/C23H31NO4.C20H27NO4.C20H25NO3.C19H23NO3/c1-2-27-17-8-9-23(26)18-12-15-6-7-16(25)20-19(15)22(23,21(17)28-20)10-11-24(18)13-14-4-3-5-14;1-3-24-14-6-7-20(23)15-10-12-4-5-13(11-22)17-16(12)19(20,18(14)25-17)8-9-21(15)2;1-3-23-16-7-6-14-15-10-12-4-5-13(11-22)18-17(12)20(14,19(16)24-18)8-9-21(15)2;1-3-22-15-7-5-12-13-10-11-4-6-14(21)17-16(11)19(12,18(15)23-17)8-9-20(13)2/h6-7,14,17-18,21,25-26H,2-5,8-13H2,1H3;4-5,14-15,18,22-23H,3,6-11H2,1-2H3;4-7,14-16,19,22H,3,8-11H2,1-2H3;4-7,12-13,15,18,21H,3,8-10H2,1-2H3/t17?,18?,21-,22?,23+;14-,15?,18-,19-,20+;14?,15?,16-,19-,20-;12?,13?,15-,18-,19-/m0000/s1. The van der Waals surface area contributed by atoms with E-state index in [2.05, 4.69) is 89.3 Å². The molecule has 4 aromatic rings. The molecular weight excluding hydrogens is 1260 g/mol. The van der Waals surface area contributed by atoms with Gasteiger partial charge in [-0.1, -0.05) is 67.1 Å². The second-order valence-corrected chi connectivity index (χ2v) is 32.9. The first-order chi connectivity index (χ1) is 48.5. The molecule has 8 heterocycles. The van der Waals surface area contributed by atoms with Gasteiger partial charge in [-0.2, -0.15) is 0 Å². The smallest absolute Gasteiger partial charge is 0.165 e. The van der Waals surface area contributed by atoms with Crippen molar-refractivity contribution in [1.29, 1.82) is 0 Å². The molecule has 17 aliphatic rings. The fraction of sp³-hybridized carbons (Fsp3) is 0.659. The maximum absolute atomic E-state index is 12.3. The molecule has 538 valence electrons. The van der Waals surface area contributed by atoms with Crippen LogP contribution in [0, 0.1) is 17.8 Å². The molecule has 100 heavy (non-hydrogen) atoms. The number of piperidine rings is 4. The lowest BCUT2D eigenvalue weighted by atomic mass is 9.48. The monoisotopic (exact) mass is 1370 g/mol. The summed E-state index contributed by atoms with van der Waals surface area (Å²) in [5.41, 5.74) is 9.45. The first kappa shape index (κ1) is 66.6. The van der Waals surface area contributed by atoms with Gasteiger partial charge in [-0.3, -0.25) is 4.90 Å². The number of phenols is 2. The lowest BCUT2D eigenvalue weighted by Gasteiger charge is -2.64. The number of phenolic OH excluding ortho intramolecular Hbond substituents is 2. The SMILES string of the molecule is CCOC1CC[C@@]2(O)C3Cc4ccc(O)c5c4C2(CCN3CC2CCC2)[C@H]1O5.CCO[C@H]1C=CC2C3Cc4ccc(CO)c5c4[C@@]2(CCN3C)[C@H]1O5.CCO[C@H]1C=CC2C3Cc4ccc(O)c5c4[C@@]2(CCN3C)[C@H]1O5.CCO[C@H]1CC[C@@]2(O)C3Cc4ccc(CO)c5c4[C@@]2(CCN3C)[C@H]1O5. The number of ether oxygens (including phenoxy) is 8. The molecule has 3 saturated carbocycles. The van der Waals surface area contributed by atoms with Crippen LogP contribution in [0.3, 0.4) is 0 Å². The van der Waals surface area contributed by atoms with Gasteiger partial charge in [-0.05, 0) is 205 Å². The number of hydrogen-bond donors (Lipinski definition) is 6. The van der Waals surface area contributed by atoms with Gasteiger partial charge in [-0.15, -0.1) is 0 Å². The summed E-state index contributed by atoms with van der Waals surface area (Å²) in [6.07, 6.45) is 23.6. The summed E-state index contributed by atoms with van der Waals surface area (Å²) in [4.78, 5) is 9.91. The largest absolute Gasteiger partial charge is 0.504 e. The van der Waals surface area contributed by atoms with E-state index in [4.69, 9.17) is 37.9 Å². The fourth-order valence-corrected chi connectivity index (χ4v) is 24.8. The maximum atomic E-state index is 12.3. The minimum absolute atomic E-state index is 0.000184. The second-order valence-electron chi connectivity index (χ2n) is 32.9. The molecule has 0 radical (unpaired) electrons. The Bertz CT molecular complexity index is 3940. The summed E-state index contributed by atoms with van der Waals surface area (Å²) >= 11 is 0. The molecule has 4 spiro atoms. The van der Waals surface area contributed by atoms with Crippen LogP contribution >= 0.6 is 0 Å². The summed E-state index contributed by atoms with van der Waals surface area (Å²) in [7, 11) is 6.61. The third kappa shape index (κ3) is 8.85. The number of likely N-dealkylation sites (tertiary alicyclic amines) is 4. The summed E-state index contributed by atoms with van der Waals surface area (Å²) < 4.78 is 50.0. The zero-order valence-electron chi connectivity index (χ0n) is 59.7. The van der Waals surface area contributed by atoms with Crippen LogP contribution in [0.5, 0.6) is 34.5 Å². The van der Waals surface area contributed by atoms with Gasteiger partial charge in [0.05, 0.1) is 47.5 Å². The molecule has 8 unspecified atom stereocenters. The molecule has 20 atom stereocenters. The van der Waals surface area contributed by atoms with E-state index in [1.807, 2.05) is 39.8 Å². The van der Waals surface area contributed by atoms with Crippen LogP contribution in [-0.4, -0.2) is 215 Å². The quantitative estimate of drug-likeness (QED) is 0.0736. The number of rotatable bonds is 12. The third-order valence-corrected chi connectivity index (χ3v) is 29.2. The summed E-state index contributed by atoms with van der Waals surface area (Å²) in [5.74, 6) is 5.28. The van der Waals surface area contributed by atoms with E-state index in [0.29, 0.717) is 61.8 Å². The van der Waals surface area contributed by atoms with Crippen molar-refractivity contribution < 1.29 is 68.5 Å². The van der Waals surface area contributed by atoms with E-state index < -0.39 is 22.0 Å². The van der Waals surface area contributed by atoms with Crippen LogP contribution in [0.15, 0.2) is 72.8 Å². The summed E-state index contributed by atoms with van der Waals surface area (Å²) in [6, 6.07) is 17.4. The molecule has 21 rings (SSSR count). The maximum Gasteiger partial charge on any atom is 0.165 e. The van der Waals surface area contributed by atoms with Crippen molar-refractivity contribution in [3.63, 3.8) is 0 Å². The molecule has 9 aliphatic carbocycles. The highest BCUT2D eigenvalue weighted by Crippen LogP contribution is 2.69. The van der Waals surface area contributed by atoms with Gasteiger partial charge in [0.15, 0.2) is 23.0 Å². The van der Waals surface area contributed by atoms with Crippen molar-refractivity contribution in [2.24, 2.45) is 17.8 Å². The second kappa shape index (κ2) is 24.4. The Morgan fingerprint density at radius 1 is 0.450 bits per heavy atom. The van der Waals surface area contributed by atoms with Crippen molar-refractivity contribution in [3.8, 4) is 34.5 Å². The zero-order valence-corrected chi connectivity index (χ0v) is 59.7. The van der Waals surface area contributed by atoms with E-state index in [-0.39, 0.29) is 96.5 Å². The highest BCUT2D eigenvalue weighted by atomic mass is 16.6. The van der Waals surface area contributed by atoms with Gasteiger partial charge >= 0.3 is 0 Å². The zero-order chi connectivity index (χ0) is 68.7. The number of likely N-dealkylation sites (N-methyl/N-ethyl adjacent to an activating group) is 3. The number of hydrogen-bond acceptors (Lipinski definition) is 18. The Morgan fingerprint density at radius 3 is 1.40 bits per heavy atom. The van der Waals surface area contributed by atoms with Crippen LogP contribution in [0.1, 0.15) is 154 Å². The summed E-state index contributed by atoms with van der Waals surface area (Å²) in [6.45, 7) is 16.0. The van der Waals surface area contributed by atoms with Crippen LogP contribution in [0.2, 0.25) is 0 Å². The Kier molecular flexibility index (Phi) is 16.2. The van der Waals surface area contributed by atoms with Crippen LogP contribution in [-0.2, 0) is 79.5 Å². The molecule has 0 amide bonds. The number of nitrogens with zero attached hydrogens (tertiary/aromatic N) is 4. The number of aliphatic hydroxyl groups is 4. The van der Waals surface area contributed by atoms with E-state index >= 15 is 0 Å². The minimum atomic E-state index is -0.806. The average molecular weight is 1370 g/mol. The van der Waals surface area contributed by atoms with Gasteiger partial charge < -0.3 is 83.2 Å². The van der Waals surface area contributed by atoms with E-state index in [0.717, 1.165) is 144 Å². The van der Waals surface area contributed by atoms with Crippen molar-refractivity contribution in [2.75, 3.05) is 80.3 Å². The summed E-state index contributed by atoms with van der Waals surface area (Å²) in [5, 5.41) is 64.9. The molecule has 8 bridgehead atoms. The van der Waals surface area contributed by atoms with E-state index in [1.54, 1.807) is 12.1 Å². The van der Waals surface area contributed by atoms with Crippen LogP contribution in [0.4, 0.5) is 0 Å². The molecule has 0 aromatic heterocycles. The fourth-order valence-electron chi connectivity index (χ4n) is 24.8. The lowest BCUT2D eigenvalue weighted by Crippen LogP contribution is -2.77. The highest BCUT2D eigenvalue weighted by molar-refractivity contribution is 5.65. The minimum Gasteiger partial charge on any atom is -0.504 e.